The maximum absolute atomic E-state index is 12.2. The van der Waals surface area contributed by atoms with Crippen molar-refractivity contribution in [3.63, 3.8) is 0 Å². The lowest BCUT2D eigenvalue weighted by atomic mass is 9.94. The number of carbonyl (C=O) groups excluding carboxylic acids is 2. The molecule has 23 heavy (non-hydrogen) atoms. The Morgan fingerprint density at radius 1 is 1.17 bits per heavy atom. The molecule has 2 heterocycles. The van der Waals surface area contributed by atoms with Crippen LogP contribution in [0.1, 0.15) is 44.9 Å². The summed E-state index contributed by atoms with van der Waals surface area (Å²) in [7, 11) is 0. The average Bonchev–Trinajstić information content (AvgIpc) is 3.11. The Morgan fingerprint density at radius 3 is 2.70 bits per heavy atom. The fourth-order valence-corrected chi connectivity index (χ4v) is 3.51. The minimum absolute atomic E-state index is 0.0740. The Morgan fingerprint density at radius 2 is 1.96 bits per heavy atom. The summed E-state index contributed by atoms with van der Waals surface area (Å²) in [4.78, 5) is 23.4. The normalized spacial score (nSPS) is 24.5. The topological polar surface area (TPSA) is 76.7 Å². The van der Waals surface area contributed by atoms with Crippen molar-refractivity contribution in [3.05, 3.63) is 18.2 Å². The van der Waals surface area contributed by atoms with Crippen molar-refractivity contribution in [3.8, 4) is 11.5 Å². The molecule has 1 aromatic rings. The first-order chi connectivity index (χ1) is 11.1. The molecule has 122 valence electrons. The molecule has 0 radical (unpaired) electrons. The number of nitrogens with one attached hydrogen (secondary N) is 2. The van der Waals surface area contributed by atoms with Gasteiger partial charge in [0.15, 0.2) is 11.5 Å². The molecule has 2 aliphatic heterocycles. The lowest BCUT2D eigenvalue weighted by Gasteiger charge is -2.31. The number of hydrogen-bond donors (Lipinski definition) is 2. The standard InChI is InChI=1S/C17H20N2O4/c20-15-7-5-12(19-15)16(21)18-11-4-6-13-14(10-11)23-17(22-13)8-2-1-3-9-17/h4,6,10,12H,1-3,5,7-9H2,(H,18,21)(H,19,20). The molecule has 1 aliphatic carbocycles. The summed E-state index contributed by atoms with van der Waals surface area (Å²) in [6.07, 6.45) is 6.19. The van der Waals surface area contributed by atoms with E-state index < -0.39 is 11.8 Å². The van der Waals surface area contributed by atoms with Gasteiger partial charge < -0.3 is 20.1 Å². The molecule has 6 nitrogen and oxygen atoms in total. The van der Waals surface area contributed by atoms with Gasteiger partial charge in [-0.3, -0.25) is 9.59 Å². The van der Waals surface area contributed by atoms with Gasteiger partial charge in [-0.15, -0.1) is 0 Å². The third-order valence-corrected chi connectivity index (χ3v) is 4.73. The van der Waals surface area contributed by atoms with Gasteiger partial charge in [-0.25, -0.2) is 0 Å². The van der Waals surface area contributed by atoms with Crippen LogP contribution in [-0.4, -0.2) is 23.6 Å². The minimum atomic E-state index is -0.511. The molecule has 1 aromatic carbocycles. The predicted molar refractivity (Wildman–Crippen MR) is 83.3 cm³/mol. The highest BCUT2D eigenvalue weighted by atomic mass is 16.7. The van der Waals surface area contributed by atoms with Crippen LogP contribution < -0.4 is 20.1 Å². The fourth-order valence-electron chi connectivity index (χ4n) is 3.51. The molecule has 2 fully saturated rings. The maximum atomic E-state index is 12.2. The van der Waals surface area contributed by atoms with Gasteiger partial charge in [0.1, 0.15) is 6.04 Å². The Balaban J connectivity index is 1.45. The number of hydrogen-bond acceptors (Lipinski definition) is 4. The van der Waals surface area contributed by atoms with E-state index in [1.54, 1.807) is 12.1 Å². The van der Waals surface area contributed by atoms with E-state index in [1.165, 1.54) is 6.42 Å². The molecule has 3 aliphatic rings. The van der Waals surface area contributed by atoms with Gasteiger partial charge in [0, 0.05) is 31.0 Å². The molecular formula is C17H20N2O4. The first-order valence-corrected chi connectivity index (χ1v) is 8.26. The van der Waals surface area contributed by atoms with Crippen molar-refractivity contribution in [2.75, 3.05) is 5.32 Å². The molecule has 1 atom stereocenters. The van der Waals surface area contributed by atoms with E-state index >= 15 is 0 Å². The predicted octanol–water partition coefficient (Wildman–Crippen LogP) is 2.34. The second kappa shape index (κ2) is 5.44. The van der Waals surface area contributed by atoms with E-state index in [9.17, 15) is 9.59 Å². The van der Waals surface area contributed by atoms with Crippen LogP contribution in [0.3, 0.4) is 0 Å². The zero-order valence-electron chi connectivity index (χ0n) is 12.9. The molecule has 4 rings (SSSR count). The number of benzene rings is 1. The van der Waals surface area contributed by atoms with Crippen molar-refractivity contribution < 1.29 is 19.1 Å². The van der Waals surface area contributed by atoms with Gasteiger partial charge in [-0.05, 0) is 31.4 Å². The van der Waals surface area contributed by atoms with Crippen LogP contribution in [0.15, 0.2) is 18.2 Å². The summed E-state index contributed by atoms with van der Waals surface area (Å²) in [6.45, 7) is 0. The summed E-state index contributed by atoms with van der Waals surface area (Å²) in [6, 6.07) is 4.99. The molecule has 1 spiro atoms. The van der Waals surface area contributed by atoms with Crippen molar-refractivity contribution in [2.24, 2.45) is 0 Å². The quantitative estimate of drug-likeness (QED) is 0.878. The lowest BCUT2D eigenvalue weighted by Crippen LogP contribution is -2.40. The highest BCUT2D eigenvalue weighted by molar-refractivity contribution is 5.99. The Hall–Kier alpha value is -2.24. The smallest absolute Gasteiger partial charge is 0.251 e. The minimum Gasteiger partial charge on any atom is -0.448 e. The van der Waals surface area contributed by atoms with Gasteiger partial charge >= 0.3 is 0 Å². The zero-order chi connectivity index (χ0) is 15.9. The molecule has 2 amide bonds. The Kier molecular flexibility index (Phi) is 3.39. The molecule has 1 saturated carbocycles. The maximum Gasteiger partial charge on any atom is 0.251 e. The molecule has 1 saturated heterocycles. The second-order valence-corrected chi connectivity index (χ2v) is 6.49. The van der Waals surface area contributed by atoms with Crippen LogP contribution in [0, 0.1) is 0 Å². The molecule has 6 heteroatoms. The van der Waals surface area contributed by atoms with E-state index in [2.05, 4.69) is 10.6 Å². The third-order valence-electron chi connectivity index (χ3n) is 4.73. The van der Waals surface area contributed by atoms with Crippen LogP contribution in [0.4, 0.5) is 5.69 Å². The number of amides is 2. The Labute approximate surface area is 134 Å². The number of fused-ring (bicyclic) bond motifs is 1. The van der Waals surface area contributed by atoms with Crippen molar-refractivity contribution in [2.45, 2.75) is 56.8 Å². The molecule has 0 aromatic heterocycles. The largest absolute Gasteiger partial charge is 0.448 e. The summed E-state index contributed by atoms with van der Waals surface area (Å²) in [5.41, 5.74) is 0.659. The first-order valence-electron chi connectivity index (χ1n) is 8.26. The molecule has 2 N–H and O–H groups in total. The van der Waals surface area contributed by atoms with E-state index in [-0.39, 0.29) is 11.8 Å². The van der Waals surface area contributed by atoms with Crippen LogP contribution >= 0.6 is 0 Å². The Bertz CT molecular complexity index is 652. The summed E-state index contributed by atoms with van der Waals surface area (Å²) in [5, 5.41) is 5.50. The van der Waals surface area contributed by atoms with Gasteiger partial charge in [0.2, 0.25) is 11.8 Å². The third kappa shape index (κ3) is 2.73. The zero-order valence-corrected chi connectivity index (χ0v) is 12.9. The monoisotopic (exact) mass is 316 g/mol. The fraction of sp³-hybridized carbons (Fsp3) is 0.529. The first kappa shape index (κ1) is 14.4. The number of ether oxygens (including phenoxy) is 2. The van der Waals surface area contributed by atoms with E-state index in [0.717, 1.165) is 31.4 Å². The molecule has 0 bridgehead atoms. The highest BCUT2D eigenvalue weighted by Crippen LogP contribution is 2.46. The van der Waals surface area contributed by atoms with Gasteiger partial charge in [-0.1, -0.05) is 6.42 Å². The van der Waals surface area contributed by atoms with Crippen molar-refractivity contribution in [1.82, 2.24) is 5.32 Å². The van der Waals surface area contributed by atoms with Crippen LogP contribution in [0.25, 0.3) is 0 Å². The summed E-state index contributed by atoms with van der Waals surface area (Å²) in [5.74, 6) is 0.638. The lowest BCUT2D eigenvalue weighted by molar-refractivity contribution is -0.122. The van der Waals surface area contributed by atoms with E-state index in [0.29, 0.717) is 24.3 Å². The van der Waals surface area contributed by atoms with Crippen LogP contribution in [-0.2, 0) is 9.59 Å². The van der Waals surface area contributed by atoms with Gasteiger partial charge in [0.05, 0.1) is 0 Å². The van der Waals surface area contributed by atoms with Crippen molar-refractivity contribution in [1.29, 1.82) is 0 Å². The van der Waals surface area contributed by atoms with Gasteiger partial charge in [0.25, 0.3) is 5.79 Å². The average molecular weight is 316 g/mol. The SMILES string of the molecule is O=C1CCC(C(=O)Nc2ccc3c(c2)OC2(CCCCC2)O3)N1. The summed E-state index contributed by atoms with van der Waals surface area (Å²) < 4.78 is 12.1. The number of carbonyl (C=O) groups is 2. The molecular weight excluding hydrogens is 296 g/mol. The highest BCUT2D eigenvalue weighted by Gasteiger charge is 2.42. The van der Waals surface area contributed by atoms with E-state index in [1.807, 2.05) is 6.07 Å². The van der Waals surface area contributed by atoms with E-state index in [4.69, 9.17) is 9.47 Å². The van der Waals surface area contributed by atoms with Crippen LogP contribution in [0.2, 0.25) is 0 Å². The molecule has 1 unspecified atom stereocenters. The summed E-state index contributed by atoms with van der Waals surface area (Å²) >= 11 is 0. The van der Waals surface area contributed by atoms with Crippen molar-refractivity contribution >= 4 is 17.5 Å². The van der Waals surface area contributed by atoms with Gasteiger partial charge in [-0.2, -0.15) is 0 Å². The number of anilines is 1. The second-order valence-electron chi connectivity index (χ2n) is 6.49. The van der Waals surface area contributed by atoms with Crippen LogP contribution in [0.5, 0.6) is 11.5 Å². The number of rotatable bonds is 2.